The lowest BCUT2D eigenvalue weighted by Crippen LogP contribution is -2.45. The van der Waals surface area contributed by atoms with Gasteiger partial charge in [-0.2, -0.15) is 0 Å². The van der Waals surface area contributed by atoms with Crippen molar-refractivity contribution in [3.63, 3.8) is 0 Å². The molecule has 0 spiro atoms. The molecule has 1 saturated heterocycles. The maximum Gasteiger partial charge on any atom is 0.338 e. The fourth-order valence-electron chi connectivity index (χ4n) is 2.49. The number of piperazine rings is 1. The highest BCUT2D eigenvalue weighted by atomic mass is 79.9. The Morgan fingerprint density at radius 1 is 1.25 bits per heavy atom. The molecule has 1 heterocycles. The topological polar surface area (TPSA) is 32.8 Å². The van der Waals surface area contributed by atoms with Crippen molar-refractivity contribution in [2.75, 3.05) is 39.8 Å². The number of benzene rings is 1. The lowest BCUT2D eigenvalue weighted by molar-refractivity contribution is 0.0597. The molecule has 1 fully saturated rings. The van der Waals surface area contributed by atoms with Crippen molar-refractivity contribution in [2.24, 2.45) is 0 Å². The normalized spacial score (nSPS) is 17.1. The predicted molar refractivity (Wildman–Crippen MR) is 82.9 cm³/mol. The fraction of sp³-hybridized carbons (Fsp3) is 0.533. The molecule has 0 radical (unpaired) electrons. The number of methoxy groups -OCH3 is 1. The van der Waals surface area contributed by atoms with Gasteiger partial charge in [0.1, 0.15) is 0 Å². The summed E-state index contributed by atoms with van der Waals surface area (Å²) in [7, 11) is 1.42. The first-order chi connectivity index (χ1) is 9.63. The minimum absolute atomic E-state index is 0.270. The van der Waals surface area contributed by atoms with Gasteiger partial charge in [0, 0.05) is 37.2 Å². The Labute approximate surface area is 128 Å². The van der Waals surface area contributed by atoms with Crippen LogP contribution < -0.4 is 0 Å². The Balaban J connectivity index is 2.07. The highest BCUT2D eigenvalue weighted by Gasteiger charge is 2.19. The van der Waals surface area contributed by atoms with E-state index in [1.165, 1.54) is 7.11 Å². The summed E-state index contributed by atoms with van der Waals surface area (Å²) in [6.07, 6.45) is 0. The number of hydrogen-bond donors (Lipinski definition) is 0. The highest BCUT2D eigenvalue weighted by Crippen LogP contribution is 2.20. The van der Waals surface area contributed by atoms with Crippen LogP contribution in [0.2, 0.25) is 0 Å². The average Bonchev–Trinajstić information content (AvgIpc) is 2.49. The second kappa shape index (κ2) is 7.20. The number of hydrogen-bond acceptors (Lipinski definition) is 4. The molecule has 5 heteroatoms. The van der Waals surface area contributed by atoms with Gasteiger partial charge in [-0.1, -0.05) is 28.9 Å². The van der Waals surface area contributed by atoms with E-state index in [1.807, 2.05) is 18.2 Å². The van der Waals surface area contributed by atoms with Gasteiger partial charge in [-0.25, -0.2) is 4.79 Å². The highest BCUT2D eigenvalue weighted by molar-refractivity contribution is 9.10. The summed E-state index contributed by atoms with van der Waals surface area (Å²) >= 11 is 3.41. The molecule has 110 valence electrons. The second-order valence-electron chi connectivity index (χ2n) is 5.00. The quantitative estimate of drug-likeness (QED) is 0.788. The lowest BCUT2D eigenvalue weighted by Gasteiger charge is -2.34. The van der Waals surface area contributed by atoms with Gasteiger partial charge in [-0.15, -0.1) is 0 Å². The molecule has 4 nitrogen and oxygen atoms in total. The van der Waals surface area contributed by atoms with Crippen molar-refractivity contribution < 1.29 is 9.53 Å². The molecule has 0 aromatic heterocycles. The van der Waals surface area contributed by atoms with Gasteiger partial charge >= 0.3 is 5.97 Å². The summed E-state index contributed by atoms with van der Waals surface area (Å²) in [4.78, 5) is 16.7. The first kappa shape index (κ1) is 15.5. The number of nitrogens with zero attached hydrogens (tertiary/aromatic N) is 2. The van der Waals surface area contributed by atoms with Gasteiger partial charge in [0.05, 0.1) is 12.7 Å². The fourth-order valence-corrected chi connectivity index (χ4v) is 2.85. The maximum atomic E-state index is 11.9. The van der Waals surface area contributed by atoms with Crippen molar-refractivity contribution in [2.45, 2.75) is 13.5 Å². The molecule has 1 aliphatic rings. The largest absolute Gasteiger partial charge is 0.465 e. The van der Waals surface area contributed by atoms with Crippen molar-refractivity contribution in [3.05, 3.63) is 33.8 Å². The number of ether oxygens (including phenoxy) is 1. The number of halogens is 1. The van der Waals surface area contributed by atoms with Gasteiger partial charge in [-0.05, 0) is 24.2 Å². The number of carbonyl (C=O) groups excluding carboxylic acids is 1. The van der Waals surface area contributed by atoms with Crippen LogP contribution in [-0.2, 0) is 11.3 Å². The van der Waals surface area contributed by atoms with E-state index in [-0.39, 0.29) is 5.97 Å². The number of carbonyl (C=O) groups is 1. The number of rotatable bonds is 4. The molecule has 0 aliphatic carbocycles. The van der Waals surface area contributed by atoms with E-state index in [0.29, 0.717) is 5.56 Å². The molecule has 0 unspecified atom stereocenters. The van der Waals surface area contributed by atoms with Gasteiger partial charge < -0.3 is 9.64 Å². The molecule has 0 atom stereocenters. The summed E-state index contributed by atoms with van der Waals surface area (Å²) < 4.78 is 5.77. The molecular formula is C15H21BrN2O2. The van der Waals surface area contributed by atoms with Crippen LogP contribution in [-0.4, -0.2) is 55.6 Å². The van der Waals surface area contributed by atoms with E-state index in [2.05, 4.69) is 32.7 Å². The molecule has 20 heavy (non-hydrogen) atoms. The van der Waals surface area contributed by atoms with E-state index in [4.69, 9.17) is 4.74 Å². The van der Waals surface area contributed by atoms with Gasteiger partial charge in [0.25, 0.3) is 0 Å². The minimum atomic E-state index is -0.270. The maximum absolute atomic E-state index is 11.9. The summed E-state index contributed by atoms with van der Waals surface area (Å²) in [5.41, 5.74) is 1.68. The summed E-state index contributed by atoms with van der Waals surface area (Å²) in [6, 6.07) is 5.82. The molecule has 0 amide bonds. The first-order valence-electron chi connectivity index (χ1n) is 6.95. The molecule has 1 aromatic carbocycles. The van der Waals surface area contributed by atoms with E-state index >= 15 is 0 Å². The minimum Gasteiger partial charge on any atom is -0.465 e. The summed E-state index contributed by atoms with van der Waals surface area (Å²) in [5.74, 6) is -0.270. The zero-order chi connectivity index (χ0) is 14.5. The van der Waals surface area contributed by atoms with Crippen LogP contribution in [0.5, 0.6) is 0 Å². The Morgan fingerprint density at radius 3 is 2.50 bits per heavy atom. The van der Waals surface area contributed by atoms with Crippen LogP contribution in [0.25, 0.3) is 0 Å². The molecule has 0 N–H and O–H groups in total. The summed E-state index contributed by atoms with van der Waals surface area (Å²) in [6.45, 7) is 8.39. The van der Waals surface area contributed by atoms with Crippen molar-refractivity contribution in [1.29, 1.82) is 0 Å². The van der Waals surface area contributed by atoms with E-state index in [0.717, 1.165) is 49.3 Å². The lowest BCUT2D eigenvalue weighted by atomic mass is 10.1. The van der Waals surface area contributed by atoms with Gasteiger partial charge in [0.15, 0.2) is 0 Å². The SMILES string of the molecule is CCN1CCN(Cc2ccc(Br)cc2C(=O)OC)CC1. The standard InChI is InChI=1S/C15H21BrN2O2/c1-3-17-6-8-18(9-7-17)11-12-4-5-13(16)10-14(12)15(19)20-2/h4-5,10H,3,6-9,11H2,1-2H3. The molecule has 0 saturated carbocycles. The first-order valence-corrected chi connectivity index (χ1v) is 7.74. The van der Waals surface area contributed by atoms with Crippen LogP contribution in [0, 0.1) is 0 Å². The monoisotopic (exact) mass is 340 g/mol. The van der Waals surface area contributed by atoms with Gasteiger partial charge in [-0.3, -0.25) is 4.90 Å². The Morgan fingerprint density at radius 2 is 1.90 bits per heavy atom. The molecule has 2 rings (SSSR count). The van der Waals surface area contributed by atoms with Crippen molar-refractivity contribution in [3.8, 4) is 0 Å². The van der Waals surface area contributed by atoms with Crippen molar-refractivity contribution in [1.82, 2.24) is 9.80 Å². The summed E-state index contributed by atoms with van der Waals surface area (Å²) in [5, 5.41) is 0. The number of likely N-dealkylation sites (N-methyl/N-ethyl adjacent to an activating group) is 1. The smallest absolute Gasteiger partial charge is 0.338 e. The van der Waals surface area contributed by atoms with Crippen LogP contribution in [0.1, 0.15) is 22.8 Å². The molecule has 1 aliphatic heterocycles. The zero-order valence-electron chi connectivity index (χ0n) is 12.1. The second-order valence-corrected chi connectivity index (χ2v) is 5.92. The third-order valence-corrected chi connectivity index (χ3v) is 4.28. The van der Waals surface area contributed by atoms with E-state index in [1.54, 1.807) is 0 Å². The third kappa shape index (κ3) is 3.81. The Hall–Kier alpha value is -0.910. The zero-order valence-corrected chi connectivity index (χ0v) is 13.6. The molecule has 0 bridgehead atoms. The van der Waals surface area contributed by atoms with Gasteiger partial charge in [0.2, 0.25) is 0 Å². The Kier molecular flexibility index (Phi) is 5.57. The van der Waals surface area contributed by atoms with Crippen LogP contribution >= 0.6 is 15.9 Å². The van der Waals surface area contributed by atoms with Crippen LogP contribution in [0.15, 0.2) is 22.7 Å². The Bertz CT molecular complexity index is 471. The average molecular weight is 341 g/mol. The molecule has 1 aromatic rings. The van der Waals surface area contributed by atoms with Crippen LogP contribution in [0.3, 0.4) is 0 Å². The van der Waals surface area contributed by atoms with Crippen molar-refractivity contribution >= 4 is 21.9 Å². The predicted octanol–water partition coefficient (Wildman–Crippen LogP) is 2.37. The third-order valence-electron chi connectivity index (χ3n) is 3.78. The van der Waals surface area contributed by atoms with Crippen LogP contribution in [0.4, 0.5) is 0 Å². The molecular weight excluding hydrogens is 320 g/mol. The number of esters is 1. The van der Waals surface area contributed by atoms with E-state index < -0.39 is 0 Å². The van der Waals surface area contributed by atoms with E-state index in [9.17, 15) is 4.79 Å².